The number of ether oxygens (including phenoxy) is 3. The molecule has 1 spiro atoms. The Balaban J connectivity index is 1.44. The van der Waals surface area contributed by atoms with Crippen LogP contribution in [0.4, 0.5) is 5.69 Å². The van der Waals surface area contributed by atoms with Gasteiger partial charge in [0.15, 0.2) is 0 Å². The van der Waals surface area contributed by atoms with Gasteiger partial charge in [-0.05, 0) is 43.2 Å². The number of likely N-dealkylation sites (tertiary alicyclic amines) is 1. The van der Waals surface area contributed by atoms with Gasteiger partial charge >= 0.3 is 5.97 Å². The van der Waals surface area contributed by atoms with E-state index in [1.54, 1.807) is 60.4 Å². The van der Waals surface area contributed by atoms with Gasteiger partial charge in [0.25, 0.3) is 5.91 Å². The van der Waals surface area contributed by atoms with E-state index >= 15 is 0 Å². The Morgan fingerprint density at radius 3 is 2.43 bits per heavy atom. The quantitative estimate of drug-likeness (QED) is 0.396. The van der Waals surface area contributed by atoms with Gasteiger partial charge in [-0.15, -0.1) is 0 Å². The second kappa shape index (κ2) is 12.7. The first-order chi connectivity index (χ1) is 22.2. The molecule has 5 bridgehead atoms. The molecule has 1 N–H and O–H groups in total. The highest BCUT2D eigenvalue weighted by atomic mass is 16.6. The first kappa shape index (κ1) is 31.5. The fourth-order valence-electron chi connectivity index (χ4n) is 7.20. The van der Waals surface area contributed by atoms with Gasteiger partial charge in [-0.1, -0.05) is 54.6 Å². The average molecular weight is 630 g/mol. The summed E-state index contributed by atoms with van der Waals surface area (Å²) in [5, 5.41) is 10.00. The van der Waals surface area contributed by atoms with Crippen molar-refractivity contribution < 1.29 is 38.5 Å². The fraction of sp³-hybridized carbons (Fsp3) is 0.429. The molecule has 0 radical (unpaired) electrons. The maximum atomic E-state index is 14.7. The Morgan fingerprint density at radius 1 is 1.00 bits per heavy atom. The molecule has 0 saturated carbocycles. The number of aliphatic hydroxyl groups is 1. The van der Waals surface area contributed by atoms with Crippen molar-refractivity contribution in [3.05, 3.63) is 84.5 Å². The normalized spacial score (nSPS) is 32.1. The Morgan fingerprint density at radius 2 is 1.74 bits per heavy atom. The molecule has 2 fully saturated rings. The third-order valence-corrected chi connectivity index (χ3v) is 9.66. The van der Waals surface area contributed by atoms with Crippen LogP contribution >= 0.6 is 0 Å². The number of likely N-dealkylation sites (N-methyl/N-ethyl adjacent to an activating group) is 1. The van der Waals surface area contributed by atoms with Crippen molar-refractivity contribution in [2.45, 2.75) is 49.7 Å². The van der Waals surface area contributed by atoms with Gasteiger partial charge in [-0.3, -0.25) is 19.2 Å². The molecule has 2 saturated heterocycles. The highest BCUT2D eigenvalue weighted by molar-refractivity contribution is 6.05. The molecule has 0 aromatic heterocycles. The van der Waals surface area contributed by atoms with Gasteiger partial charge in [0.05, 0.1) is 31.8 Å². The van der Waals surface area contributed by atoms with Crippen LogP contribution in [0, 0.1) is 11.8 Å². The van der Waals surface area contributed by atoms with Crippen LogP contribution in [0.5, 0.6) is 5.75 Å². The molecule has 0 aliphatic carbocycles. The highest BCUT2D eigenvalue weighted by Gasteiger charge is 2.73. The van der Waals surface area contributed by atoms with Gasteiger partial charge in [0.1, 0.15) is 29.4 Å². The SMILES string of the molecule is COc1ccc(N2C/C=C\CCC(=O)N(C)[C@@H](C)[C@H](c3ccccc3)OC(=O)[C@@H]3[C@H]4C(=O)N(CCO)[C@H](C2=O)[C@]42C=C[C@H]3O2)cc1. The van der Waals surface area contributed by atoms with Crippen LogP contribution in [0.3, 0.4) is 0 Å². The van der Waals surface area contributed by atoms with E-state index in [2.05, 4.69) is 0 Å². The summed E-state index contributed by atoms with van der Waals surface area (Å²) < 4.78 is 18.0. The van der Waals surface area contributed by atoms with Crippen molar-refractivity contribution in [2.75, 3.05) is 38.8 Å². The zero-order valence-electron chi connectivity index (χ0n) is 26.2. The number of amides is 3. The van der Waals surface area contributed by atoms with E-state index < -0.39 is 59.5 Å². The van der Waals surface area contributed by atoms with E-state index in [1.807, 2.05) is 49.4 Å². The molecule has 4 aliphatic rings. The van der Waals surface area contributed by atoms with E-state index in [-0.39, 0.29) is 32.0 Å². The van der Waals surface area contributed by atoms with Gasteiger partial charge in [-0.2, -0.15) is 0 Å². The van der Waals surface area contributed by atoms with Crippen LogP contribution in [0.2, 0.25) is 0 Å². The zero-order valence-corrected chi connectivity index (χ0v) is 26.2. The van der Waals surface area contributed by atoms with Crippen molar-refractivity contribution in [1.29, 1.82) is 0 Å². The Hall–Kier alpha value is -4.48. The lowest BCUT2D eigenvalue weighted by Crippen LogP contribution is -2.56. The Labute approximate surface area is 268 Å². The molecule has 2 aromatic rings. The summed E-state index contributed by atoms with van der Waals surface area (Å²) >= 11 is 0. The largest absolute Gasteiger partial charge is 0.497 e. The van der Waals surface area contributed by atoms with Gasteiger partial charge < -0.3 is 34.0 Å². The first-order valence-corrected chi connectivity index (χ1v) is 15.6. The third-order valence-electron chi connectivity index (χ3n) is 9.66. The van der Waals surface area contributed by atoms with Crippen molar-refractivity contribution >= 4 is 29.4 Å². The summed E-state index contributed by atoms with van der Waals surface area (Å²) in [5.74, 6) is -3.10. The van der Waals surface area contributed by atoms with Crippen LogP contribution in [-0.4, -0.2) is 96.2 Å². The Bertz CT molecular complexity index is 1540. The lowest BCUT2D eigenvalue weighted by atomic mass is 9.74. The van der Waals surface area contributed by atoms with E-state index in [4.69, 9.17) is 14.2 Å². The first-order valence-electron chi connectivity index (χ1n) is 15.6. The molecule has 46 heavy (non-hydrogen) atoms. The van der Waals surface area contributed by atoms with E-state index in [1.165, 1.54) is 4.90 Å². The molecule has 2 aromatic carbocycles. The molecule has 11 nitrogen and oxygen atoms in total. The van der Waals surface area contributed by atoms with Crippen LogP contribution in [0.15, 0.2) is 78.9 Å². The summed E-state index contributed by atoms with van der Waals surface area (Å²) in [7, 11) is 3.24. The smallest absolute Gasteiger partial charge is 0.313 e. The number of nitrogens with zero attached hydrogens (tertiary/aromatic N) is 3. The number of hydrogen-bond donors (Lipinski definition) is 1. The number of benzene rings is 2. The third kappa shape index (κ3) is 5.27. The van der Waals surface area contributed by atoms with E-state index in [0.29, 0.717) is 23.4 Å². The Kier molecular flexibility index (Phi) is 8.71. The summed E-state index contributed by atoms with van der Waals surface area (Å²) in [5.41, 5.74) is -0.161. The number of β-amino-alcohol motifs (C(OH)–C–C–N with tert-alkyl or cyclic N) is 1. The molecule has 6 rings (SSSR count). The lowest BCUT2D eigenvalue weighted by Gasteiger charge is -2.35. The predicted molar refractivity (Wildman–Crippen MR) is 168 cm³/mol. The number of methoxy groups -OCH3 is 1. The molecular formula is C35H39N3O8. The molecule has 3 amide bonds. The number of esters is 1. The summed E-state index contributed by atoms with van der Waals surface area (Å²) in [4.78, 5) is 60.8. The molecule has 7 atom stereocenters. The van der Waals surface area contributed by atoms with Crippen molar-refractivity contribution in [2.24, 2.45) is 11.8 Å². The molecule has 0 unspecified atom stereocenters. The van der Waals surface area contributed by atoms with Crippen molar-refractivity contribution in [3.63, 3.8) is 0 Å². The van der Waals surface area contributed by atoms with E-state index in [0.717, 1.165) is 0 Å². The second-order valence-electron chi connectivity index (χ2n) is 12.1. The second-order valence-corrected chi connectivity index (χ2v) is 12.1. The van der Waals surface area contributed by atoms with Crippen molar-refractivity contribution in [1.82, 2.24) is 9.80 Å². The average Bonchev–Trinajstić information content (AvgIpc) is 3.72. The maximum Gasteiger partial charge on any atom is 0.313 e. The number of hydrogen-bond acceptors (Lipinski definition) is 8. The lowest BCUT2D eigenvalue weighted by molar-refractivity contribution is -0.164. The predicted octanol–water partition coefficient (Wildman–Crippen LogP) is 2.65. The van der Waals surface area contributed by atoms with Gasteiger partial charge in [-0.25, -0.2) is 0 Å². The summed E-state index contributed by atoms with van der Waals surface area (Å²) in [6.07, 6.45) is 6.17. The molecule has 4 heterocycles. The highest BCUT2D eigenvalue weighted by Crippen LogP contribution is 2.56. The maximum absolute atomic E-state index is 14.7. The topological polar surface area (TPSA) is 126 Å². The standard InChI is InChI=1S/C35H39N3O8/c1-22-30(23-10-6-4-7-11-23)45-34(43)28-26-17-18-35(46-26)29(28)32(41)38(20-21-39)31(35)33(42)37(24-13-15-25(44-3)16-14-24)19-9-5-8-12-27(40)36(22)2/h4-7,9-11,13-18,22,26,28-31,39H,8,12,19-21H2,1-3H3/b9-5-/t22-,26+,28-,29-,30+,31+,35-/m0/s1. The minimum Gasteiger partial charge on any atom is -0.497 e. The molecule has 242 valence electrons. The fourth-order valence-corrected chi connectivity index (χ4v) is 7.20. The zero-order chi connectivity index (χ0) is 32.6. The molecular weight excluding hydrogens is 590 g/mol. The summed E-state index contributed by atoms with van der Waals surface area (Å²) in [6, 6.07) is 14.5. The number of anilines is 1. The minimum atomic E-state index is -1.43. The molecule has 11 heteroatoms. The summed E-state index contributed by atoms with van der Waals surface area (Å²) in [6.45, 7) is 1.49. The van der Waals surface area contributed by atoms with Crippen LogP contribution < -0.4 is 9.64 Å². The number of carbonyl (C=O) groups excluding carboxylic acids is 4. The van der Waals surface area contributed by atoms with Crippen molar-refractivity contribution in [3.8, 4) is 5.75 Å². The number of allylic oxidation sites excluding steroid dienone is 1. The monoisotopic (exact) mass is 629 g/mol. The number of fused-ring (bicyclic) bond motifs is 2. The van der Waals surface area contributed by atoms with Crippen LogP contribution in [0.25, 0.3) is 0 Å². The number of rotatable bonds is 5. The minimum absolute atomic E-state index is 0.111. The number of cyclic esters (lactones) is 1. The van der Waals surface area contributed by atoms with Crippen LogP contribution in [-0.2, 0) is 28.7 Å². The number of carbonyl (C=O) groups is 4. The van der Waals surface area contributed by atoms with E-state index in [9.17, 15) is 24.3 Å². The van der Waals surface area contributed by atoms with Gasteiger partial charge in [0.2, 0.25) is 11.8 Å². The number of aliphatic hydroxyl groups excluding tert-OH is 1. The van der Waals surface area contributed by atoms with Crippen LogP contribution in [0.1, 0.15) is 31.4 Å². The molecule has 4 aliphatic heterocycles. The van der Waals surface area contributed by atoms with Gasteiger partial charge in [0, 0.05) is 32.2 Å².